The molecule has 0 spiro atoms. The molecule has 0 aromatic rings. The Bertz CT molecular complexity index is 341. The van der Waals surface area contributed by atoms with Gasteiger partial charge in [0.25, 0.3) is 0 Å². The Balaban J connectivity index is 1.47. The van der Waals surface area contributed by atoms with Crippen LogP contribution < -0.4 is 5.73 Å². The molecule has 3 aliphatic rings. The van der Waals surface area contributed by atoms with Gasteiger partial charge in [0, 0.05) is 25.7 Å². The quantitative estimate of drug-likeness (QED) is 0.850. The Hall–Kier alpha value is -0.610. The number of nitrogens with zero attached hydrogens (tertiary/aromatic N) is 2. The molecule has 0 unspecified atom stereocenters. The first kappa shape index (κ1) is 14.3. The van der Waals surface area contributed by atoms with Gasteiger partial charge in [0.15, 0.2) is 0 Å². The van der Waals surface area contributed by atoms with Gasteiger partial charge in [-0.3, -0.25) is 4.79 Å². The molecule has 0 aromatic heterocycles. The number of hydrogen-bond donors (Lipinski definition) is 1. The summed E-state index contributed by atoms with van der Waals surface area (Å²) < 4.78 is 0. The Morgan fingerprint density at radius 1 is 1.00 bits per heavy atom. The molecule has 2 N–H and O–H groups in total. The number of carbonyl (C=O) groups is 1. The van der Waals surface area contributed by atoms with E-state index in [0.29, 0.717) is 11.8 Å². The van der Waals surface area contributed by atoms with Crippen LogP contribution in [0, 0.1) is 11.8 Å². The van der Waals surface area contributed by atoms with E-state index < -0.39 is 0 Å². The number of rotatable bonds is 3. The topological polar surface area (TPSA) is 49.6 Å². The van der Waals surface area contributed by atoms with Gasteiger partial charge < -0.3 is 15.5 Å². The second-order valence-electron chi connectivity index (χ2n) is 7.00. The van der Waals surface area contributed by atoms with E-state index in [0.717, 1.165) is 32.4 Å². The smallest absolute Gasteiger partial charge is 0.227 e. The number of likely N-dealkylation sites (tertiary alicyclic amines) is 2. The van der Waals surface area contributed by atoms with E-state index in [-0.39, 0.29) is 12.0 Å². The highest BCUT2D eigenvalue weighted by molar-refractivity contribution is 5.80. The average molecular weight is 279 g/mol. The first-order valence-electron chi connectivity index (χ1n) is 8.51. The third kappa shape index (κ3) is 3.17. The minimum absolute atomic E-state index is 0.114. The van der Waals surface area contributed by atoms with Crippen LogP contribution in [0.1, 0.15) is 44.9 Å². The van der Waals surface area contributed by atoms with Crippen molar-refractivity contribution in [3.63, 3.8) is 0 Å². The molecule has 0 bridgehead atoms. The molecule has 3 fully saturated rings. The van der Waals surface area contributed by atoms with Crippen molar-refractivity contribution in [2.24, 2.45) is 17.6 Å². The predicted molar refractivity (Wildman–Crippen MR) is 80.3 cm³/mol. The van der Waals surface area contributed by atoms with Crippen molar-refractivity contribution in [2.75, 3.05) is 32.7 Å². The number of amides is 1. The highest BCUT2D eigenvalue weighted by atomic mass is 16.2. The zero-order valence-corrected chi connectivity index (χ0v) is 12.6. The third-order valence-electron chi connectivity index (χ3n) is 5.45. The molecule has 3 rings (SSSR count). The molecule has 4 nitrogen and oxygen atoms in total. The predicted octanol–water partition coefficient (Wildman–Crippen LogP) is 1.45. The van der Waals surface area contributed by atoms with E-state index in [4.69, 9.17) is 5.73 Å². The monoisotopic (exact) mass is 279 g/mol. The van der Waals surface area contributed by atoms with Gasteiger partial charge in [-0.05, 0) is 51.1 Å². The summed E-state index contributed by atoms with van der Waals surface area (Å²) in [5, 5.41) is 0. The lowest BCUT2D eigenvalue weighted by Gasteiger charge is -2.29. The molecule has 0 aromatic carbocycles. The second kappa shape index (κ2) is 6.44. The van der Waals surface area contributed by atoms with E-state index in [1.54, 1.807) is 0 Å². The van der Waals surface area contributed by atoms with Crippen molar-refractivity contribution in [2.45, 2.75) is 51.0 Å². The van der Waals surface area contributed by atoms with Gasteiger partial charge >= 0.3 is 0 Å². The second-order valence-corrected chi connectivity index (χ2v) is 7.00. The van der Waals surface area contributed by atoms with Crippen molar-refractivity contribution in [3.8, 4) is 0 Å². The maximum atomic E-state index is 12.5. The molecule has 1 saturated carbocycles. The van der Waals surface area contributed by atoms with Crippen LogP contribution in [0.2, 0.25) is 0 Å². The SMILES string of the molecule is N[C@@H]1CCC[C@@H]1C(=O)N1CC[C@@H](CN2CCCCC2)C1. The summed E-state index contributed by atoms with van der Waals surface area (Å²) in [5.74, 6) is 1.15. The van der Waals surface area contributed by atoms with Crippen LogP contribution in [0.4, 0.5) is 0 Å². The van der Waals surface area contributed by atoms with Crippen LogP contribution in [0.3, 0.4) is 0 Å². The van der Waals surface area contributed by atoms with E-state index in [1.807, 2.05) is 0 Å². The van der Waals surface area contributed by atoms with Crippen LogP contribution in [0.25, 0.3) is 0 Å². The van der Waals surface area contributed by atoms with Gasteiger partial charge in [-0.25, -0.2) is 0 Å². The summed E-state index contributed by atoms with van der Waals surface area (Å²) in [6.45, 7) is 5.65. The number of carbonyl (C=O) groups excluding carboxylic acids is 1. The fourth-order valence-corrected chi connectivity index (χ4v) is 4.22. The molecule has 3 atom stereocenters. The van der Waals surface area contributed by atoms with Crippen LogP contribution in [-0.4, -0.2) is 54.5 Å². The summed E-state index contributed by atoms with van der Waals surface area (Å²) in [6, 6.07) is 0.114. The summed E-state index contributed by atoms with van der Waals surface area (Å²) >= 11 is 0. The molecule has 2 aliphatic heterocycles. The minimum Gasteiger partial charge on any atom is -0.342 e. The van der Waals surface area contributed by atoms with Gasteiger partial charge in [-0.2, -0.15) is 0 Å². The Morgan fingerprint density at radius 3 is 2.50 bits per heavy atom. The fourth-order valence-electron chi connectivity index (χ4n) is 4.22. The number of nitrogens with two attached hydrogens (primary N) is 1. The highest BCUT2D eigenvalue weighted by Gasteiger charge is 2.36. The minimum atomic E-state index is 0.114. The fraction of sp³-hybridized carbons (Fsp3) is 0.938. The first-order chi connectivity index (χ1) is 9.74. The summed E-state index contributed by atoms with van der Waals surface area (Å²) in [7, 11) is 0. The molecule has 1 aliphatic carbocycles. The van der Waals surface area contributed by atoms with Crippen molar-refractivity contribution in [1.82, 2.24) is 9.80 Å². The lowest BCUT2D eigenvalue weighted by atomic mass is 10.0. The molecule has 2 saturated heterocycles. The van der Waals surface area contributed by atoms with Crippen LogP contribution in [0.15, 0.2) is 0 Å². The normalized spacial score (nSPS) is 35.6. The average Bonchev–Trinajstić information content (AvgIpc) is 3.08. The lowest BCUT2D eigenvalue weighted by molar-refractivity contribution is -0.134. The van der Waals surface area contributed by atoms with E-state index in [1.165, 1.54) is 45.3 Å². The summed E-state index contributed by atoms with van der Waals surface area (Å²) in [5.41, 5.74) is 6.08. The van der Waals surface area contributed by atoms with E-state index in [9.17, 15) is 4.79 Å². The van der Waals surface area contributed by atoms with Gasteiger partial charge in [-0.15, -0.1) is 0 Å². The molecule has 114 valence electrons. The van der Waals surface area contributed by atoms with Gasteiger partial charge in [0.05, 0.1) is 5.92 Å². The third-order valence-corrected chi connectivity index (χ3v) is 5.45. The van der Waals surface area contributed by atoms with Gasteiger partial charge in [0.1, 0.15) is 0 Å². The molecular formula is C16H29N3O. The molecule has 4 heteroatoms. The van der Waals surface area contributed by atoms with Crippen molar-refractivity contribution < 1.29 is 4.79 Å². The van der Waals surface area contributed by atoms with Crippen molar-refractivity contribution in [3.05, 3.63) is 0 Å². The molecule has 20 heavy (non-hydrogen) atoms. The van der Waals surface area contributed by atoms with E-state index in [2.05, 4.69) is 9.80 Å². The van der Waals surface area contributed by atoms with E-state index >= 15 is 0 Å². The van der Waals surface area contributed by atoms with Crippen molar-refractivity contribution in [1.29, 1.82) is 0 Å². The zero-order valence-electron chi connectivity index (χ0n) is 12.6. The number of hydrogen-bond acceptors (Lipinski definition) is 3. The highest BCUT2D eigenvalue weighted by Crippen LogP contribution is 2.28. The van der Waals surface area contributed by atoms with Gasteiger partial charge in [0.2, 0.25) is 5.91 Å². The number of piperidine rings is 1. The lowest BCUT2D eigenvalue weighted by Crippen LogP contribution is -2.41. The molecule has 1 amide bonds. The van der Waals surface area contributed by atoms with Crippen LogP contribution in [0.5, 0.6) is 0 Å². The maximum absolute atomic E-state index is 12.5. The van der Waals surface area contributed by atoms with Crippen LogP contribution in [-0.2, 0) is 4.79 Å². The zero-order chi connectivity index (χ0) is 13.9. The Morgan fingerprint density at radius 2 is 1.80 bits per heavy atom. The van der Waals surface area contributed by atoms with Crippen LogP contribution >= 0.6 is 0 Å². The largest absolute Gasteiger partial charge is 0.342 e. The molecular weight excluding hydrogens is 250 g/mol. The Labute approximate surface area is 122 Å². The van der Waals surface area contributed by atoms with Crippen molar-refractivity contribution >= 4 is 5.91 Å². The summed E-state index contributed by atoms with van der Waals surface area (Å²) in [4.78, 5) is 17.2. The summed E-state index contributed by atoms with van der Waals surface area (Å²) in [6.07, 6.45) is 8.45. The standard InChI is InChI=1S/C16H29N3O/c17-15-6-4-5-14(15)16(20)19-10-7-13(12-19)11-18-8-2-1-3-9-18/h13-15H,1-12,17H2/t13-,14-,15+/m0/s1. The first-order valence-corrected chi connectivity index (χ1v) is 8.51. The maximum Gasteiger partial charge on any atom is 0.227 e. The molecule has 0 radical (unpaired) electrons. The molecule has 2 heterocycles. The van der Waals surface area contributed by atoms with Gasteiger partial charge in [-0.1, -0.05) is 12.8 Å². The Kier molecular flexibility index (Phi) is 4.61.